The molecule has 5 heteroatoms. The third kappa shape index (κ3) is 3.48. The second kappa shape index (κ2) is 5.89. The molecule has 1 saturated carbocycles. The van der Waals surface area contributed by atoms with E-state index in [4.69, 9.17) is 4.52 Å². The molecule has 1 aliphatic rings. The summed E-state index contributed by atoms with van der Waals surface area (Å²) in [6.45, 7) is 5.81. The van der Waals surface area contributed by atoms with Crippen molar-refractivity contribution in [2.75, 3.05) is 20.1 Å². The Hall–Kier alpha value is -1.52. The lowest BCUT2D eigenvalue weighted by molar-refractivity contribution is 0.392. The Balaban J connectivity index is 1.72. The maximum absolute atomic E-state index is 5.14. The lowest BCUT2D eigenvalue weighted by Crippen LogP contribution is -2.39. The van der Waals surface area contributed by atoms with Gasteiger partial charge in [-0.15, -0.1) is 0 Å². The van der Waals surface area contributed by atoms with Gasteiger partial charge in [0.2, 0.25) is 0 Å². The van der Waals surface area contributed by atoms with Crippen molar-refractivity contribution in [3.63, 3.8) is 0 Å². The maximum Gasteiger partial charge on any atom is 0.190 e. The van der Waals surface area contributed by atoms with Gasteiger partial charge in [-0.2, -0.15) is 0 Å². The molecule has 1 aromatic heterocycles. The molecule has 5 nitrogen and oxygen atoms in total. The van der Waals surface area contributed by atoms with Gasteiger partial charge in [-0.05, 0) is 39.0 Å². The molecule has 1 fully saturated rings. The Morgan fingerprint density at radius 2 is 2.17 bits per heavy atom. The Labute approximate surface area is 108 Å². The van der Waals surface area contributed by atoms with Gasteiger partial charge < -0.3 is 15.2 Å². The van der Waals surface area contributed by atoms with Gasteiger partial charge in [0, 0.05) is 25.7 Å². The van der Waals surface area contributed by atoms with Crippen molar-refractivity contribution in [1.82, 2.24) is 15.8 Å². The Morgan fingerprint density at radius 1 is 1.39 bits per heavy atom. The van der Waals surface area contributed by atoms with Crippen LogP contribution in [0.15, 0.2) is 9.52 Å². The highest BCUT2D eigenvalue weighted by Crippen LogP contribution is 2.27. The highest BCUT2D eigenvalue weighted by Gasteiger charge is 2.21. The maximum atomic E-state index is 5.14. The van der Waals surface area contributed by atoms with Gasteiger partial charge in [-0.1, -0.05) is 5.16 Å². The minimum absolute atomic E-state index is 0.841. The van der Waals surface area contributed by atoms with Crippen molar-refractivity contribution < 1.29 is 4.52 Å². The lowest BCUT2D eigenvalue weighted by atomic mass is 10.1. The molecule has 2 N–H and O–H groups in total. The van der Waals surface area contributed by atoms with Crippen LogP contribution in [-0.2, 0) is 6.42 Å². The van der Waals surface area contributed by atoms with E-state index in [1.54, 1.807) is 7.05 Å². The molecular weight excluding hydrogens is 228 g/mol. The van der Waals surface area contributed by atoms with E-state index < -0.39 is 0 Å². The molecule has 0 saturated heterocycles. The smallest absolute Gasteiger partial charge is 0.190 e. The normalized spacial score (nSPS) is 15.8. The predicted molar refractivity (Wildman–Crippen MR) is 71.8 cm³/mol. The molecule has 100 valence electrons. The first-order valence-electron chi connectivity index (χ1n) is 6.57. The van der Waals surface area contributed by atoms with E-state index in [-0.39, 0.29) is 0 Å². The van der Waals surface area contributed by atoms with Gasteiger partial charge >= 0.3 is 0 Å². The molecule has 0 aliphatic heterocycles. The molecule has 0 atom stereocenters. The van der Waals surface area contributed by atoms with Gasteiger partial charge in [0.15, 0.2) is 5.96 Å². The number of hydrogen-bond donors (Lipinski definition) is 2. The van der Waals surface area contributed by atoms with Crippen LogP contribution in [0.3, 0.4) is 0 Å². The van der Waals surface area contributed by atoms with Crippen molar-refractivity contribution in [1.29, 1.82) is 0 Å². The van der Waals surface area contributed by atoms with Crippen LogP contribution in [0.4, 0.5) is 0 Å². The molecule has 0 bridgehead atoms. The number of hydrogen-bond acceptors (Lipinski definition) is 3. The topological polar surface area (TPSA) is 62.5 Å². The molecule has 0 unspecified atom stereocenters. The zero-order valence-corrected chi connectivity index (χ0v) is 11.4. The van der Waals surface area contributed by atoms with Crippen LogP contribution in [0.1, 0.15) is 29.9 Å². The first-order chi connectivity index (χ1) is 8.70. The summed E-state index contributed by atoms with van der Waals surface area (Å²) in [6.07, 6.45) is 3.61. The summed E-state index contributed by atoms with van der Waals surface area (Å²) in [7, 11) is 1.80. The second-order valence-electron chi connectivity index (χ2n) is 4.88. The molecule has 0 amide bonds. The predicted octanol–water partition coefficient (Wildman–Crippen LogP) is 1.41. The third-order valence-corrected chi connectivity index (χ3v) is 3.33. The molecule has 2 rings (SSSR count). The Morgan fingerprint density at radius 3 is 2.72 bits per heavy atom. The van der Waals surface area contributed by atoms with Crippen LogP contribution in [0.25, 0.3) is 0 Å². The lowest BCUT2D eigenvalue weighted by Gasteiger charge is -2.11. The quantitative estimate of drug-likeness (QED) is 0.612. The average molecular weight is 250 g/mol. The number of rotatable bonds is 5. The fourth-order valence-electron chi connectivity index (χ4n) is 1.95. The van der Waals surface area contributed by atoms with Gasteiger partial charge in [-0.3, -0.25) is 4.99 Å². The van der Waals surface area contributed by atoms with Crippen molar-refractivity contribution in [2.45, 2.75) is 33.1 Å². The van der Waals surface area contributed by atoms with Crippen LogP contribution >= 0.6 is 0 Å². The fraction of sp³-hybridized carbons (Fsp3) is 0.692. The molecule has 0 radical (unpaired) electrons. The highest BCUT2D eigenvalue weighted by atomic mass is 16.5. The van der Waals surface area contributed by atoms with Gasteiger partial charge in [0.05, 0.1) is 5.69 Å². The molecular formula is C13H22N4O. The molecule has 1 aliphatic carbocycles. The van der Waals surface area contributed by atoms with E-state index in [0.29, 0.717) is 0 Å². The summed E-state index contributed by atoms with van der Waals surface area (Å²) in [4.78, 5) is 4.21. The molecule has 1 aromatic rings. The minimum Gasteiger partial charge on any atom is -0.361 e. The fourth-order valence-corrected chi connectivity index (χ4v) is 1.95. The zero-order chi connectivity index (χ0) is 13.0. The van der Waals surface area contributed by atoms with Crippen molar-refractivity contribution in [2.24, 2.45) is 10.9 Å². The molecule has 18 heavy (non-hydrogen) atoms. The minimum atomic E-state index is 0.841. The Bertz CT molecular complexity index is 401. The van der Waals surface area contributed by atoms with Gasteiger partial charge in [-0.25, -0.2) is 0 Å². The van der Waals surface area contributed by atoms with E-state index in [0.717, 1.165) is 42.8 Å². The number of guanidine groups is 1. The standard InChI is InChI=1S/C13H22N4O/c1-9-12(10(2)18-17-9)6-7-15-13(14-3)16-8-11-4-5-11/h11H,4-8H2,1-3H3,(H2,14,15,16). The summed E-state index contributed by atoms with van der Waals surface area (Å²) in [5.74, 6) is 2.65. The van der Waals surface area contributed by atoms with Crippen LogP contribution < -0.4 is 10.6 Å². The second-order valence-corrected chi connectivity index (χ2v) is 4.88. The number of nitrogens with zero attached hydrogens (tertiary/aromatic N) is 2. The van der Waals surface area contributed by atoms with E-state index in [1.165, 1.54) is 18.4 Å². The van der Waals surface area contributed by atoms with Crippen LogP contribution in [-0.4, -0.2) is 31.3 Å². The molecule has 0 aromatic carbocycles. The summed E-state index contributed by atoms with van der Waals surface area (Å²) in [6, 6.07) is 0. The van der Waals surface area contributed by atoms with Crippen LogP contribution in [0.2, 0.25) is 0 Å². The van der Waals surface area contributed by atoms with Crippen LogP contribution in [0.5, 0.6) is 0 Å². The molecule has 1 heterocycles. The van der Waals surface area contributed by atoms with E-state index in [9.17, 15) is 0 Å². The van der Waals surface area contributed by atoms with Crippen molar-refractivity contribution >= 4 is 5.96 Å². The SMILES string of the molecule is CN=C(NCCc1c(C)noc1C)NCC1CC1. The monoisotopic (exact) mass is 250 g/mol. The van der Waals surface area contributed by atoms with Gasteiger partial charge in [0.1, 0.15) is 5.76 Å². The number of aliphatic imine (C=N–C) groups is 1. The van der Waals surface area contributed by atoms with Crippen molar-refractivity contribution in [3.8, 4) is 0 Å². The number of aromatic nitrogens is 1. The van der Waals surface area contributed by atoms with E-state index in [2.05, 4.69) is 20.8 Å². The average Bonchev–Trinajstić information content (AvgIpc) is 3.14. The first-order valence-corrected chi connectivity index (χ1v) is 6.57. The number of aryl methyl sites for hydroxylation is 2. The largest absolute Gasteiger partial charge is 0.361 e. The zero-order valence-electron chi connectivity index (χ0n) is 11.4. The van der Waals surface area contributed by atoms with E-state index in [1.807, 2.05) is 13.8 Å². The summed E-state index contributed by atoms with van der Waals surface area (Å²) < 4.78 is 5.14. The van der Waals surface area contributed by atoms with E-state index >= 15 is 0 Å². The van der Waals surface area contributed by atoms with Crippen LogP contribution in [0, 0.1) is 19.8 Å². The number of nitrogens with one attached hydrogen (secondary N) is 2. The van der Waals surface area contributed by atoms with Gasteiger partial charge in [0.25, 0.3) is 0 Å². The summed E-state index contributed by atoms with van der Waals surface area (Å²) in [5.41, 5.74) is 2.18. The first kappa shape index (κ1) is 12.9. The summed E-state index contributed by atoms with van der Waals surface area (Å²) >= 11 is 0. The third-order valence-electron chi connectivity index (χ3n) is 3.33. The van der Waals surface area contributed by atoms with Crippen molar-refractivity contribution in [3.05, 3.63) is 17.0 Å². The molecule has 0 spiro atoms. The summed E-state index contributed by atoms with van der Waals surface area (Å²) in [5, 5.41) is 10.6. The Kier molecular flexibility index (Phi) is 4.23. The highest BCUT2D eigenvalue weighted by molar-refractivity contribution is 5.79.